The van der Waals surface area contributed by atoms with Gasteiger partial charge in [-0.15, -0.1) is 0 Å². The summed E-state index contributed by atoms with van der Waals surface area (Å²) in [6.07, 6.45) is 10.6. The average Bonchev–Trinajstić information content (AvgIpc) is 2.58. The van der Waals surface area contributed by atoms with Crippen molar-refractivity contribution in [2.24, 2.45) is 0 Å². The molecule has 2 aromatic rings. The van der Waals surface area contributed by atoms with E-state index in [9.17, 15) is 0 Å². The molecule has 3 rings (SSSR count). The molecule has 1 aromatic heterocycles. The Labute approximate surface area is 111 Å². The average molecular weight is 292 g/mol. The highest BCUT2D eigenvalue weighted by Gasteiger charge is 2.17. The second-order valence-electron chi connectivity index (χ2n) is 5.12. The quantitative estimate of drug-likeness (QED) is 0.680. The van der Waals surface area contributed by atoms with Crippen molar-refractivity contribution < 1.29 is 0 Å². The Bertz CT molecular complexity index is 507. The van der Waals surface area contributed by atoms with Crippen LogP contribution in [-0.2, 0) is 0 Å². The van der Waals surface area contributed by atoms with Gasteiger partial charge in [0.15, 0.2) is 0 Å². The molecule has 0 unspecified atom stereocenters. The zero-order chi connectivity index (χ0) is 11.7. The second-order valence-corrected chi connectivity index (χ2v) is 6.04. The first kappa shape index (κ1) is 11.3. The monoisotopic (exact) mass is 291 g/mol. The van der Waals surface area contributed by atoms with Gasteiger partial charge in [-0.3, -0.25) is 0 Å². The normalized spacial score (nSPS) is 18.4. The van der Waals surface area contributed by atoms with Crippen LogP contribution < -0.4 is 0 Å². The first-order valence-electron chi connectivity index (χ1n) is 6.61. The minimum Gasteiger partial charge on any atom is -0.361 e. The van der Waals surface area contributed by atoms with E-state index in [1.807, 2.05) is 0 Å². The van der Waals surface area contributed by atoms with Gasteiger partial charge in [0.1, 0.15) is 0 Å². The molecule has 1 saturated carbocycles. The van der Waals surface area contributed by atoms with E-state index in [0.29, 0.717) is 0 Å². The molecule has 17 heavy (non-hydrogen) atoms. The van der Waals surface area contributed by atoms with Crippen molar-refractivity contribution in [3.05, 3.63) is 34.4 Å². The molecule has 1 N–H and O–H groups in total. The number of hydrogen-bond acceptors (Lipinski definition) is 0. The highest BCUT2D eigenvalue weighted by molar-refractivity contribution is 9.10. The maximum Gasteiger partial charge on any atom is 0.0457 e. The van der Waals surface area contributed by atoms with E-state index in [0.717, 1.165) is 5.92 Å². The SMILES string of the molecule is Brc1ccc2[nH]cc(C3CCCCCC3)c2c1. The summed E-state index contributed by atoms with van der Waals surface area (Å²) in [6, 6.07) is 6.53. The summed E-state index contributed by atoms with van der Waals surface area (Å²) < 4.78 is 1.18. The van der Waals surface area contributed by atoms with Gasteiger partial charge in [-0.1, -0.05) is 41.6 Å². The molecule has 0 aliphatic heterocycles. The van der Waals surface area contributed by atoms with Gasteiger partial charge in [-0.25, -0.2) is 0 Å². The van der Waals surface area contributed by atoms with Gasteiger partial charge < -0.3 is 4.98 Å². The van der Waals surface area contributed by atoms with Gasteiger partial charge in [0.2, 0.25) is 0 Å². The molecule has 2 heteroatoms. The Hall–Kier alpha value is -0.760. The molecule has 1 aliphatic carbocycles. The van der Waals surface area contributed by atoms with E-state index in [2.05, 4.69) is 45.3 Å². The smallest absolute Gasteiger partial charge is 0.0457 e. The van der Waals surface area contributed by atoms with Gasteiger partial charge in [-0.05, 0) is 42.5 Å². The number of aromatic nitrogens is 1. The van der Waals surface area contributed by atoms with E-state index < -0.39 is 0 Å². The molecule has 0 amide bonds. The van der Waals surface area contributed by atoms with Gasteiger partial charge in [0, 0.05) is 21.6 Å². The van der Waals surface area contributed by atoms with Crippen LogP contribution in [0.5, 0.6) is 0 Å². The fourth-order valence-corrected chi connectivity index (χ4v) is 3.40. The first-order valence-corrected chi connectivity index (χ1v) is 7.40. The molecule has 0 spiro atoms. The minimum absolute atomic E-state index is 0.764. The highest BCUT2D eigenvalue weighted by atomic mass is 79.9. The maximum absolute atomic E-state index is 3.58. The molecule has 0 atom stereocenters. The van der Waals surface area contributed by atoms with Crippen molar-refractivity contribution in [1.82, 2.24) is 4.98 Å². The maximum atomic E-state index is 3.58. The lowest BCUT2D eigenvalue weighted by Gasteiger charge is -2.13. The topological polar surface area (TPSA) is 15.8 Å². The number of hydrogen-bond donors (Lipinski definition) is 1. The molecule has 1 heterocycles. The van der Waals surface area contributed by atoms with E-state index in [1.165, 1.54) is 59.5 Å². The van der Waals surface area contributed by atoms with Crippen molar-refractivity contribution >= 4 is 26.8 Å². The van der Waals surface area contributed by atoms with Crippen molar-refractivity contribution in [3.63, 3.8) is 0 Å². The minimum atomic E-state index is 0.764. The molecule has 90 valence electrons. The van der Waals surface area contributed by atoms with Gasteiger partial charge in [-0.2, -0.15) is 0 Å². The number of H-pyrrole nitrogens is 1. The third kappa shape index (κ3) is 2.28. The molecule has 1 fully saturated rings. The van der Waals surface area contributed by atoms with Crippen molar-refractivity contribution in [3.8, 4) is 0 Å². The lowest BCUT2D eigenvalue weighted by atomic mass is 9.91. The van der Waals surface area contributed by atoms with Gasteiger partial charge >= 0.3 is 0 Å². The zero-order valence-electron chi connectivity index (χ0n) is 10.0. The third-order valence-electron chi connectivity index (χ3n) is 3.97. The van der Waals surface area contributed by atoms with Crippen LogP contribution in [-0.4, -0.2) is 4.98 Å². The number of rotatable bonds is 1. The van der Waals surface area contributed by atoms with Crippen LogP contribution in [0.2, 0.25) is 0 Å². The summed E-state index contributed by atoms with van der Waals surface area (Å²) in [5.74, 6) is 0.764. The number of aromatic amines is 1. The molecule has 0 radical (unpaired) electrons. The van der Waals surface area contributed by atoms with Crippen molar-refractivity contribution in [2.45, 2.75) is 44.4 Å². The molecule has 1 aliphatic rings. The number of benzene rings is 1. The predicted molar refractivity (Wildman–Crippen MR) is 76.4 cm³/mol. The summed E-state index contributed by atoms with van der Waals surface area (Å²) in [4.78, 5) is 3.41. The van der Waals surface area contributed by atoms with Crippen LogP contribution in [0.1, 0.15) is 50.0 Å². The Morgan fingerprint density at radius 3 is 2.59 bits per heavy atom. The summed E-state index contributed by atoms with van der Waals surface area (Å²) in [7, 11) is 0. The summed E-state index contributed by atoms with van der Waals surface area (Å²) in [5, 5.41) is 1.41. The van der Waals surface area contributed by atoms with Crippen LogP contribution in [0.15, 0.2) is 28.9 Å². The molecular formula is C15H18BrN. The van der Waals surface area contributed by atoms with E-state index >= 15 is 0 Å². The Balaban J connectivity index is 2.00. The lowest BCUT2D eigenvalue weighted by Crippen LogP contribution is -1.95. The summed E-state index contributed by atoms with van der Waals surface area (Å²) >= 11 is 3.58. The van der Waals surface area contributed by atoms with Gasteiger partial charge in [0.05, 0.1) is 0 Å². The van der Waals surface area contributed by atoms with E-state index in [-0.39, 0.29) is 0 Å². The van der Waals surface area contributed by atoms with Crippen LogP contribution >= 0.6 is 15.9 Å². The van der Waals surface area contributed by atoms with E-state index in [4.69, 9.17) is 0 Å². The number of fused-ring (bicyclic) bond motifs is 1. The molecule has 1 aromatic carbocycles. The zero-order valence-corrected chi connectivity index (χ0v) is 11.6. The lowest BCUT2D eigenvalue weighted by molar-refractivity contribution is 0.596. The summed E-state index contributed by atoms with van der Waals surface area (Å²) in [5.41, 5.74) is 2.80. The number of halogens is 1. The Morgan fingerprint density at radius 1 is 1.06 bits per heavy atom. The first-order chi connectivity index (χ1) is 8.34. The molecule has 1 nitrogen and oxygen atoms in total. The van der Waals surface area contributed by atoms with Crippen molar-refractivity contribution in [2.75, 3.05) is 0 Å². The van der Waals surface area contributed by atoms with Crippen LogP contribution in [0.4, 0.5) is 0 Å². The molecule has 0 saturated heterocycles. The Kier molecular flexibility index (Phi) is 3.24. The van der Waals surface area contributed by atoms with Crippen LogP contribution in [0, 0.1) is 0 Å². The van der Waals surface area contributed by atoms with E-state index in [1.54, 1.807) is 0 Å². The third-order valence-corrected chi connectivity index (χ3v) is 4.46. The Morgan fingerprint density at radius 2 is 1.82 bits per heavy atom. The second kappa shape index (κ2) is 4.85. The van der Waals surface area contributed by atoms with Crippen molar-refractivity contribution in [1.29, 1.82) is 0 Å². The predicted octanol–water partition coefficient (Wildman–Crippen LogP) is 5.37. The largest absolute Gasteiger partial charge is 0.361 e. The molecular weight excluding hydrogens is 274 g/mol. The summed E-state index contributed by atoms with van der Waals surface area (Å²) in [6.45, 7) is 0. The van der Waals surface area contributed by atoms with Crippen LogP contribution in [0.3, 0.4) is 0 Å². The fraction of sp³-hybridized carbons (Fsp3) is 0.467. The van der Waals surface area contributed by atoms with Crippen LogP contribution in [0.25, 0.3) is 10.9 Å². The van der Waals surface area contributed by atoms with Gasteiger partial charge in [0.25, 0.3) is 0 Å². The number of nitrogens with one attached hydrogen (secondary N) is 1. The standard InChI is InChI=1S/C15H18BrN/c16-12-7-8-15-13(9-12)14(10-17-15)11-5-3-1-2-4-6-11/h7-11,17H,1-6H2. The molecule has 0 bridgehead atoms. The fourth-order valence-electron chi connectivity index (χ4n) is 3.04. The highest BCUT2D eigenvalue weighted by Crippen LogP contribution is 2.36.